The van der Waals surface area contributed by atoms with E-state index >= 15 is 0 Å². The van der Waals surface area contributed by atoms with E-state index in [-0.39, 0.29) is 5.91 Å². The van der Waals surface area contributed by atoms with E-state index in [0.29, 0.717) is 18.1 Å². The van der Waals surface area contributed by atoms with E-state index in [2.05, 4.69) is 36.5 Å². The van der Waals surface area contributed by atoms with Crippen LogP contribution in [0.2, 0.25) is 0 Å². The van der Waals surface area contributed by atoms with Gasteiger partial charge in [-0.3, -0.25) is 9.48 Å². The molecule has 0 bridgehead atoms. The van der Waals surface area contributed by atoms with Crippen LogP contribution in [-0.4, -0.2) is 25.9 Å². The van der Waals surface area contributed by atoms with E-state index in [9.17, 15) is 4.79 Å². The maximum absolute atomic E-state index is 11.6. The van der Waals surface area contributed by atoms with Crippen molar-refractivity contribution in [3.63, 3.8) is 0 Å². The zero-order chi connectivity index (χ0) is 12.3. The van der Waals surface area contributed by atoms with E-state index in [1.165, 1.54) is 11.3 Å². The van der Waals surface area contributed by atoms with Crippen LogP contribution in [0.5, 0.6) is 0 Å². The van der Waals surface area contributed by atoms with Crippen LogP contribution in [-0.2, 0) is 11.3 Å². The number of aromatic nitrogens is 4. The first kappa shape index (κ1) is 12.2. The summed E-state index contributed by atoms with van der Waals surface area (Å²) in [6, 6.07) is 0. The summed E-state index contributed by atoms with van der Waals surface area (Å²) in [6.45, 7) is 2.38. The van der Waals surface area contributed by atoms with Crippen LogP contribution in [0, 0.1) is 6.92 Å². The Kier molecular flexibility index (Phi) is 3.85. The second kappa shape index (κ2) is 5.37. The number of halogens is 1. The first-order chi connectivity index (χ1) is 8.13. The molecule has 90 valence electrons. The van der Waals surface area contributed by atoms with Crippen molar-refractivity contribution in [1.82, 2.24) is 20.0 Å². The molecular formula is C9H10BrN5OS. The summed E-state index contributed by atoms with van der Waals surface area (Å²) < 4.78 is 2.60. The van der Waals surface area contributed by atoms with Gasteiger partial charge in [0.15, 0.2) is 0 Å². The number of rotatable bonds is 4. The Balaban J connectivity index is 1.82. The Bertz CT molecular complexity index is 523. The van der Waals surface area contributed by atoms with Crippen molar-refractivity contribution in [3.8, 4) is 0 Å². The smallest absolute Gasteiger partial charge is 0.228 e. The molecule has 17 heavy (non-hydrogen) atoms. The molecule has 0 saturated heterocycles. The van der Waals surface area contributed by atoms with Gasteiger partial charge in [-0.25, -0.2) is 0 Å². The average Bonchev–Trinajstić information content (AvgIpc) is 2.85. The number of aryl methyl sites for hydroxylation is 2. The number of carbonyl (C=O) groups is 1. The molecule has 0 fully saturated rings. The summed E-state index contributed by atoms with van der Waals surface area (Å²) in [5, 5.41) is 15.8. The fourth-order valence-electron chi connectivity index (χ4n) is 1.21. The Hall–Kier alpha value is -1.28. The topological polar surface area (TPSA) is 72.7 Å². The van der Waals surface area contributed by atoms with Crippen LogP contribution >= 0.6 is 27.3 Å². The summed E-state index contributed by atoms with van der Waals surface area (Å²) in [5.41, 5.74) is 0. The van der Waals surface area contributed by atoms with Gasteiger partial charge in [0.1, 0.15) is 5.01 Å². The number of hydrogen-bond donors (Lipinski definition) is 1. The quantitative estimate of drug-likeness (QED) is 0.934. The van der Waals surface area contributed by atoms with E-state index in [1.807, 2.05) is 13.1 Å². The van der Waals surface area contributed by atoms with Gasteiger partial charge in [-0.1, -0.05) is 11.3 Å². The van der Waals surface area contributed by atoms with Gasteiger partial charge in [0.2, 0.25) is 11.0 Å². The lowest BCUT2D eigenvalue weighted by atomic mass is 10.4. The SMILES string of the molecule is Cc1nnc(NC(=O)CCn2cc(Br)cn2)s1. The highest BCUT2D eigenvalue weighted by molar-refractivity contribution is 9.10. The van der Waals surface area contributed by atoms with Gasteiger partial charge < -0.3 is 5.32 Å². The molecule has 2 rings (SSSR count). The highest BCUT2D eigenvalue weighted by Gasteiger charge is 2.06. The molecule has 1 amide bonds. The standard InChI is InChI=1S/C9H10BrN5OS/c1-6-13-14-9(17-6)12-8(16)2-3-15-5-7(10)4-11-15/h4-5H,2-3H2,1H3,(H,12,14,16). The minimum absolute atomic E-state index is 0.0900. The van der Waals surface area contributed by atoms with Crippen LogP contribution in [0.1, 0.15) is 11.4 Å². The lowest BCUT2D eigenvalue weighted by molar-refractivity contribution is -0.116. The van der Waals surface area contributed by atoms with E-state index in [1.54, 1.807) is 10.9 Å². The number of anilines is 1. The van der Waals surface area contributed by atoms with E-state index in [0.717, 1.165) is 9.48 Å². The van der Waals surface area contributed by atoms with Gasteiger partial charge in [0.25, 0.3) is 0 Å². The third-order valence-corrected chi connectivity index (χ3v) is 3.11. The van der Waals surface area contributed by atoms with Crippen LogP contribution in [0.4, 0.5) is 5.13 Å². The largest absolute Gasteiger partial charge is 0.300 e. The van der Waals surface area contributed by atoms with E-state index < -0.39 is 0 Å². The maximum atomic E-state index is 11.6. The maximum Gasteiger partial charge on any atom is 0.228 e. The molecule has 0 saturated carbocycles. The summed E-state index contributed by atoms with van der Waals surface area (Å²) in [6.07, 6.45) is 3.86. The molecule has 0 aromatic carbocycles. The predicted octanol–water partition coefficient (Wildman–Crippen LogP) is 1.83. The molecule has 0 aliphatic heterocycles. The highest BCUT2D eigenvalue weighted by Crippen LogP contribution is 2.13. The normalized spacial score (nSPS) is 10.5. The molecule has 0 aliphatic carbocycles. The molecule has 0 aliphatic rings. The van der Waals surface area contributed by atoms with Crippen LogP contribution in [0.3, 0.4) is 0 Å². The van der Waals surface area contributed by atoms with Gasteiger partial charge in [-0.2, -0.15) is 5.10 Å². The van der Waals surface area contributed by atoms with Crippen LogP contribution in [0.15, 0.2) is 16.9 Å². The van der Waals surface area contributed by atoms with Crippen LogP contribution < -0.4 is 5.32 Å². The third kappa shape index (κ3) is 3.60. The summed E-state index contributed by atoms with van der Waals surface area (Å²) in [4.78, 5) is 11.6. The van der Waals surface area contributed by atoms with Crippen molar-refractivity contribution in [2.24, 2.45) is 0 Å². The molecule has 0 spiro atoms. The van der Waals surface area contributed by atoms with Crippen molar-refractivity contribution in [2.75, 3.05) is 5.32 Å². The minimum atomic E-state index is -0.0900. The molecule has 2 heterocycles. The Morgan fingerprint density at radius 1 is 1.59 bits per heavy atom. The first-order valence-corrected chi connectivity index (χ1v) is 6.52. The second-order valence-corrected chi connectivity index (χ2v) is 5.44. The third-order valence-electron chi connectivity index (χ3n) is 1.94. The summed E-state index contributed by atoms with van der Waals surface area (Å²) in [5.74, 6) is -0.0900. The Morgan fingerprint density at radius 3 is 3.00 bits per heavy atom. The zero-order valence-corrected chi connectivity index (χ0v) is 11.5. The Labute approximate surface area is 110 Å². The van der Waals surface area contributed by atoms with E-state index in [4.69, 9.17) is 0 Å². The molecule has 1 N–H and O–H groups in total. The number of nitrogens with one attached hydrogen (secondary N) is 1. The molecule has 8 heteroatoms. The second-order valence-electron chi connectivity index (χ2n) is 3.35. The fourth-order valence-corrected chi connectivity index (χ4v) is 2.14. The lowest BCUT2D eigenvalue weighted by Gasteiger charge is -2.01. The molecule has 0 radical (unpaired) electrons. The van der Waals surface area contributed by atoms with Gasteiger partial charge in [-0.05, 0) is 22.9 Å². The lowest BCUT2D eigenvalue weighted by Crippen LogP contribution is -2.14. The van der Waals surface area contributed by atoms with Crippen molar-refractivity contribution >= 4 is 38.3 Å². The summed E-state index contributed by atoms with van der Waals surface area (Å²) >= 11 is 4.65. The fraction of sp³-hybridized carbons (Fsp3) is 0.333. The zero-order valence-electron chi connectivity index (χ0n) is 9.05. The van der Waals surface area contributed by atoms with Gasteiger partial charge in [0, 0.05) is 19.2 Å². The monoisotopic (exact) mass is 315 g/mol. The number of carbonyl (C=O) groups excluding carboxylic acids is 1. The molecule has 2 aromatic rings. The summed E-state index contributed by atoms with van der Waals surface area (Å²) in [7, 11) is 0. The van der Waals surface area contributed by atoms with Crippen molar-refractivity contribution in [1.29, 1.82) is 0 Å². The number of nitrogens with zero attached hydrogens (tertiary/aromatic N) is 4. The molecule has 2 aromatic heterocycles. The number of hydrogen-bond acceptors (Lipinski definition) is 5. The minimum Gasteiger partial charge on any atom is -0.300 e. The van der Waals surface area contributed by atoms with Gasteiger partial charge in [-0.15, -0.1) is 10.2 Å². The van der Waals surface area contributed by atoms with Crippen molar-refractivity contribution in [3.05, 3.63) is 21.9 Å². The van der Waals surface area contributed by atoms with Gasteiger partial charge >= 0.3 is 0 Å². The van der Waals surface area contributed by atoms with Crippen LogP contribution in [0.25, 0.3) is 0 Å². The predicted molar refractivity (Wildman–Crippen MR) is 67.8 cm³/mol. The average molecular weight is 316 g/mol. The molecular weight excluding hydrogens is 306 g/mol. The molecule has 6 nitrogen and oxygen atoms in total. The van der Waals surface area contributed by atoms with Crippen molar-refractivity contribution < 1.29 is 4.79 Å². The van der Waals surface area contributed by atoms with Crippen molar-refractivity contribution in [2.45, 2.75) is 19.9 Å². The highest BCUT2D eigenvalue weighted by atomic mass is 79.9. The Morgan fingerprint density at radius 2 is 2.41 bits per heavy atom. The molecule has 0 unspecified atom stereocenters. The number of amides is 1. The first-order valence-electron chi connectivity index (χ1n) is 4.91. The molecule has 0 atom stereocenters. The van der Waals surface area contributed by atoms with Gasteiger partial charge in [0.05, 0.1) is 10.7 Å².